The fourth-order valence-corrected chi connectivity index (χ4v) is 2.80. The van der Waals surface area contributed by atoms with Crippen LogP contribution in [0.1, 0.15) is 11.3 Å². The second-order valence-electron chi connectivity index (χ2n) is 5.76. The minimum Gasteiger partial charge on any atom is -0.355 e. The Morgan fingerprint density at radius 1 is 1.17 bits per heavy atom. The first-order valence-electron chi connectivity index (χ1n) is 7.87. The van der Waals surface area contributed by atoms with Gasteiger partial charge < -0.3 is 9.72 Å². The predicted octanol–water partition coefficient (Wildman–Crippen LogP) is 2.53. The predicted molar refractivity (Wildman–Crippen MR) is 94.5 cm³/mol. The molecule has 0 saturated heterocycles. The number of rotatable bonds is 4. The third kappa shape index (κ3) is 2.62. The molecule has 4 rings (SSSR count). The van der Waals surface area contributed by atoms with Crippen LogP contribution in [-0.2, 0) is 6.42 Å². The maximum absolute atomic E-state index is 12.0. The summed E-state index contributed by atoms with van der Waals surface area (Å²) in [6.07, 6.45) is 4.77. The molecular weight excluding hydrogens is 302 g/mol. The van der Waals surface area contributed by atoms with Crippen LogP contribution in [-0.4, -0.2) is 25.9 Å². The van der Waals surface area contributed by atoms with Crippen LogP contribution in [0.15, 0.2) is 53.6 Å². The van der Waals surface area contributed by atoms with Gasteiger partial charge in [0.1, 0.15) is 5.65 Å². The molecule has 0 fully saturated rings. The lowest BCUT2D eigenvalue weighted by Gasteiger charge is -2.05. The monoisotopic (exact) mass is 319 g/mol. The Hall–Kier alpha value is -3.15. The molecule has 24 heavy (non-hydrogen) atoms. The number of pyridine rings is 1. The smallest absolute Gasteiger partial charge is 0.260 e. The fourth-order valence-electron chi connectivity index (χ4n) is 2.80. The maximum Gasteiger partial charge on any atom is 0.260 e. The highest BCUT2D eigenvalue weighted by Gasteiger charge is 2.05. The van der Waals surface area contributed by atoms with E-state index in [1.165, 1.54) is 0 Å². The van der Waals surface area contributed by atoms with Gasteiger partial charge in [0.05, 0.1) is 16.6 Å². The van der Waals surface area contributed by atoms with Crippen molar-refractivity contribution in [1.82, 2.24) is 19.4 Å². The zero-order valence-electron chi connectivity index (χ0n) is 13.3. The standard InChI is InChI=1S/C18H17N5O/c1-12-5-4-10-23-11-13(20-16(12)23)8-9-19-18-21-15-7-3-2-6-14(15)17(24)22-18/h2-7,10-11H,8-9H2,1H3,(H2,19,21,22,24). The Balaban J connectivity index is 1.50. The molecule has 0 aliphatic carbocycles. The number of aromatic amines is 1. The van der Waals surface area contributed by atoms with E-state index in [9.17, 15) is 4.79 Å². The van der Waals surface area contributed by atoms with Crippen molar-refractivity contribution in [2.24, 2.45) is 0 Å². The third-order valence-electron chi connectivity index (χ3n) is 4.01. The maximum atomic E-state index is 12.0. The zero-order valence-corrected chi connectivity index (χ0v) is 13.3. The normalized spacial score (nSPS) is 11.2. The molecule has 0 amide bonds. The van der Waals surface area contributed by atoms with Crippen LogP contribution >= 0.6 is 0 Å². The molecule has 1 aromatic carbocycles. The van der Waals surface area contributed by atoms with Gasteiger partial charge in [-0.1, -0.05) is 18.2 Å². The summed E-state index contributed by atoms with van der Waals surface area (Å²) in [6.45, 7) is 2.69. The van der Waals surface area contributed by atoms with Gasteiger partial charge in [-0.3, -0.25) is 9.78 Å². The lowest BCUT2D eigenvalue weighted by atomic mass is 10.2. The average molecular weight is 319 g/mol. The number of hydrogen-bond donors (Lipinski definition) is 2. The molecule has 6 nitrogen and oxygen atoms in total. The number of benzene rings is 1. The van der Waals surface area contributed by atoms with E-state index < -0.39 is 0 Å². The molecule has 0 aliphatic heterocycles. The van der Waals surface area contributed by atoms with E-state index in [0.29, 0.717) is 23.4 Å². The number of H-pyrrole nitrogens is 1. The van der Waals surface area contributed by atoms with Crippen molar-refractivity contribution in [1.29, 1.82) is 0 Å². The van der Waals surface area contributed by atoms with Crippen LogP contribution in [0, 0.1) is 6.92 Å². The second-order valence-corrected chi connectivity index (χ2v) is 5.76. The first-order valence-corrected chi connectivity index (χ1v) is 7.87. The number of imidazole rings is 1. The van der Waals surface area contributed by atoms with Crippen molar-refractivity contribution < 1.29 is 0 Å². The van der Waals surface area contributed by atoms with Crippen molar-refractivity contribution in [2.45, 2.75) is 13.3 Å². The Labute approximate surface area is 138 Å². The van der Waals surface area contributed by atoms with E-state index in [4.69, 9.17) is 0 Å². The van der Waals surface area contributed by atoms with Crippen LogP contribution in [0.4, 0.5) is 5.95 Å². The molecule has 0 atom stereocenters. The minimum absolute atomic E-state index is 0.133. The van der Waals surface area contributed by atoms with E-state index in [1.54, 1.807) is 6.07 Å². The highest BCUT2D eigenvalue weighted by Crippen LogP contribution is 2.11. The number of aryl methyl sites for hydroxylation is 1. The molecule has 6 heteroatoms. The topological polar surface area (TPSA) is 75.1 Å². The summed E-state index contributed by atoms with van der Waals surface area (Å²) in [6, 6.07) is 11.4. The summed E-state index contributed by atoms with van der Waals surface area (Å²) in [7, 11) is 0. The van der Waals surface area contributed by atoms with Crippen LogP contribution in [0.25, 0.3) is 16.6 Å². The SMILES string of the molecule is Cc1cccn2cc(CCNc3nc4ccccc4c(=O)[nH]3)nc12. The van der Waals surface area contributed by atoms with Gasteiger partial charge >= 0.3 is 0 Å². The zero-order chi connectivity index (χ0) is 16.5. The molecule has 0 bridgehead atoms. The third-order valence-corrected chi connectivity index (χ3v) is 4.01. The number of aromatic nitrogens is 4. The molecule has 2 N–H and O–H groups in total. The van der Waals surface area contributed by atoms with E-state index in [0.717, 1.165) is 23.3 Å². The second kappa shape index (κ2) is 5.81. The molecule has 3 heterocycles. The van der Waals surface area contributed by atoms with Gasteiger partial charge in [0.25, 0.3) is 5.56 Å². The Bertz CT molecular complexity index is 1080. The first kappa shape index (κ1) is 14.4. The van der Waals surface area contributed by atoms with Crippen LogP contribution in [0.2, 0.25) is 0 Å². The summed E-state index contributed by atoms with van der Waals surface area (Å²) in [4.78, 5) is 23.9. The van der Waals surface area contributed by atoms with Crippen LogP contribution < -0.4 is 10.9 Å². The van der Waals surface area contributed by atoms with E-state index in [1.807, 2.05) is 54.0 Å². The number of hydrogen-bond acceptors (Lipinski definition) is 4. The van der Waals surface area contributed by atoms with Gasteiger partial charge in [-0.2, -0.15) is 0 Å². The fraction of sp³-hybridized carbons (Fsp3) is 0.167. The van der Waals surface area contributed by atoms with Crippen LogP contribution in [0.5, 0.6) is 0 Å². The van der Waals surface area contributed by atoms with Gasteiger partial charge in [-0.25, -0.2) is 9.97 Å². The van der Waals surface area contributed by atoms with Crippen molar-refractivity contribution in [3.63, 3.8) is 0 Å². The van der Waals surface area contributed by atoms with Gasteiger partial charge in [0.15, 0.2) is 0 Å². The van der Waals surface area contributed by atoms with Gasteiger partial charge in [-0.15, -0.1) is 0 Å². The summed E-state index contributed by atoms with van der Waals surface area (Å²) in [5.74, 6) is 0.485. The Kier molecular flexibility index (Phi) is 3.49. The molecule has 3 aromatic heterocycles. The van der Waals surface area contributed by atoms with Gasteiger partial charge in [-0.05, 0) is 30.7 Å². The average Bonchev–Trinajstić information content (AvgIpc) is 2.99. The van der Waals surface area contributed by atoms with E-state index in [2.05, 4.69) is 20.3 Å². The van der Waals surface area contributed by atoms with Gasteiger partial charge in [0, 0.05) is 25.4 Å². The highest BCUT2D eigenvalue weighted by molar-refractivity contribution is 5.78. The Morgan fingerprint density at radius 2 is 2.04 bits per heavy atom. The minimum atomic E-state index is -0.133. The van der Waals surface area contributed by atoms with Crippen molar-refractivity contribution >= 4 is 22.5 Å². The molecule has 0 aliphatic rings. The summed E-state index contributed by atoms with van der Waals surface area (Å²) >= 11 is 0. The first-order chi connectivity index (χ1) is 11.7. The molecule has 120 valence electrons. The lowest BCUT2D eigenvalue weighted by Crippen LogP contribution is -2.15. The molecule has 0 unspecified atom stereocenters. The molecule has 0 radical (unpaired) electrons. The number of para-hydroxylation sites is 1. The van der Waals surface area contributed by atoms with Crippen molar-refractivity contribution in [2.75, 3.05) is 11.9 Å². The van der Waals surface area contributed by atoms with E-state index in [-0.39, 0.29) is 5.56 Å². The highest BCUT2D eigenvalue weighted by atomic mass is 16.1. The molecule has 4 aromatic rings. The summed E-state index contributed by atoms with van der Waals surface area (Å²) in [5.41, 5.74) is 3.68. The lowest BCUT2D eigenvalue weighted by molar-refractivity contribution is 0.955. The number of anilines is 1. The quantitative estimate of drug-likeness (QED) is 0.606. The molecular formula is C18H17N5O. The summed E-state index contributed by atoms with van der Waals surface area (Å²) in [5, 5.41) is 3.77. The summed E-state index contributed by atoms with van der Waals surface area (Å²) < 4.78 is 2.03. The van der Waals surface area contributed by atoms with E-state index >= 15 is 0 Å². The van der Waals surface area contributed by atoms with Crippen molar-refractivity contribution in [3.05, 3.63) is 70.4 Å². The largest absolute Gasteiger partial charge is 0.355 e. The number of fused-ring (bicyclic) bond motifs is 2. The number of nitrogens with zero attached hydrogens (tertiary/aromatic N) is 3. The van der Waals surface area contributed by atoms with Gasteiger partial charge in [0.2, 0.25) is 5.95 Å². The Morgan fingerprint density at radius 3 is 2.92 bits per heavy atom. The molecule has 0 saturated carbocycles. The number of nitrogens with one attached hydrogen (secondary N) is 2. The molecule has 0 spiro atoms. The van der Waals surface area contributed by atoms with Crippen molar-refractivity contribution in [3.8, 4) is 0 Å². The van der Waals surface area contributed by atoms with Crippen LogP contribution in [0.3, 0.4) is 0 Å².